The van der Waals surface area contributed by atoms with Gasteiger partial charge in [0.15, 0.2) is 0 Å². The Morgan fingerprint density at radius 3 is 2.80 bits per heavy atom. The molecule has 6 nitrogen and oxygen atoms in total. The number of hydrogen-bond acceptors (Lipinski definition) is 6. The molecule has 0 bridgehead atoms. The van der Waals surface area contributed by atoms with Crippen LogP contribution in [0.2, 0.25) is 0 Å². The number of unbranched alkanes of at least 4 members (excludes halogenated alkanes) is 1. The van der Waals surface area contributed by atoms with E-state index in [0.717, 1.165) is 24.6 Å². The highest BCUT2D eigenvalue weighted by Crippen LogP contribution is 2.24. The molecule has 0 saturated heterocycles. The smallest absolute Gasteiger partial charge is 0.245 e. The fourth-order valence-corrected chi connectivity index (χ4v) is 4.15. The van der Waals surface area contributed by atoms with Gasteiger partial charge in [0.1, 0.15) is 15.9 Å². The van der Waals surface area contributed by atoms with Crippen molar-refractivity contribution in [3.05, 3.63) is 18.2 Å². The highest BCUT2D eigenvalue weighted by Gasteiger charge is 2.26. The minimum atomic E-state index is -3.65. The summed E-state index contributed by atoms with van der Waals surface area (Å²) in [5.41, 5.74) is 0.979. The van der Waals surface area contributed by atoms with Crippen LogP contribution in [0, 0.1) is 0 Å². The topological polar surface area (TPSA) is 83.4 Å². The highest BCUT2D eigenvalue weighted by atomic mass is 32.2. The first-order valence-corrected chi connectivity index (χ1v) is 8.60. The molecule has 0 aliphatic rings. The van der Waals surface area contributed by atoms with Crippen LogP contribution in [0.25, 0.3) is 11.0 Å². The molecule has 1 heterocycles. The quantitative estimate of drug-likeness (QED) is 0.836. The third kappa shape index (κ3) is 2.98. The lowest BCUT2D eigenvalue weighted by atomic mass is 10.3. The van der Waals surface area contributed by atoms with Crippen molar-refractivity contribution in [2.24, 2.45) is 0 Å². The molecule has 0 saturated carbocycles. The van der Waals surface area contributed by atoms with E-state index in [1.165, 1.54) is 10.4 Å². The minimum absolute atomic E-state index is 0.0935. The van der Waals surface area contributed by atoms with Crippen LogP contribution in [0.1, 0.15) is 19.8 Å². The first-order valence-electron chi connectivity index (χ1n) is 6.43. The van der Waals surface area contributed by atoms with E-state index >= 15 is 0 Å². The number of aromatic nitrogens is 2. The van der Waals surface area contributed by atoms with E-state index in [-0.39, 0.29) is 18.0 Å². The third-order valence-corrected chi connectivity index (χ3v) is 5.45. The molecule has 0 aliphatic heterocycles. The Balaban J connectivity index is 2.43. The standard InChI is InChI=1S/C12H17N3O3S2/c1-2-3-7-15(8-9-16)20(17,18)11-6-4-5-10-12(11)14-19-13-10/h4-6,16H,2-3,7-9H2,1H3. The van der Waals surface area contributed by atoms with Crippen molar-refractivity contribution in [3.63, 3.8) is 0 Å². The number of nitrogens with zero attached hydrogens (tertiary/aromatic N) is 3. The van der Waals surface area contributed by atoms with Gasteiger partial charge in [0.25, 0.3) is 0 Å². The number of hydrogen-bond donors (Lipinski definition) is 1. The molecule has 0 atom stereocenters. The number of benzene rings is 1. The van der Waals surface area contributed by atoms with Crippen molar-refractivity contribution in [2.45, 2.75) is 24.7 Å². The molecular weight excluding hydrogens is 298 g/mol. The van der Waals surface area contributed by atoms with E-state index in [1.807, 2.05) is 6.92 Å². The van der Waals surface area contributed by atoms with Crippen molar-refractivity contribution in [1.82, 2.24) is 13.1 Å². The molecule has 0 amide bonds. The van der Waals surface area contributed by atoms with E-state index in [2.05, 4.69) is 8.75 Å². The molecule has 0 radical (unpaired) electrons. The Morgan fingerprint density at radius 1 is 1.30 bits per heavy atom. The van der Waals surface area contributed by atoms with Gasteiger partial charge < -0.3 is 5.11 Å². The molecule has 2 aromatic rings. The zero-order valence-electron chi connectivity index (χ0n) is 11.2. The molecule has 0 spiro atoms. The second-order valence-corrected chi connectivity index (χ2v) is 6.80. The lowest BCUT2D eigenvalue weighted by Crippen LogP contribution is -2.34. The predicted octanol–water partition coefficient (Wildman–Crippen LogP) is 1.47. The monoisotopic (exact) mass is 315 g/mol. The molecule has 0 unspecified atom stereocenters. The molecule has 0 fully saturated rings. The summed E-state index contributed by atoms with van der Waals surface area (Å²) in [4.78, 5) is 0.160. The maximum Gasteiger partial charge on any atom is 0.245 e. The number of sulfonamides is 1. The first-order chi connectivity index (χ1) is 9.61. The molecule has 110 valence electrons. The zero-order chi connectivity index (χ0) is 14.6. The lowest BCUT2D eigenvalue weighted by molar-refractivity contribution is 0.252. The Labute approximate surface area is 122 Å². The summed E-state index contributed by atoms with van der Waals surface area (Å²) >= 11 is 0.994. The van der Waals surface area contributed by atoms with Crippen molar-refractivity contribution in [3.8, 4) is 0 Å². The second-order valence-electron chi connectivity index (χ2n) is 4.37. The van der Waals surface area contributed by atoms with Gasteiger partial charge in [-0.25, -0.2) is 8.42 Å². The summed E-state index contributed by atoms with van der Waals surface area (Å²) in [5, 5.41) is 9.09. The second kappa shape index (κ2) is 6.57. The third-order valence-electron chi connectivity index (χ3n) is 2.98. The summed E-state index contributed by atoms with van der Waals surface area (Å²) in [6.07, 6.45) is 1.64. The van der Waals surface area contributed by atoms with Gasteiger partial charge in [-0.2, -0.15) is 13.1 Å². The van der Waals surface area contributed by atoms with Crippen LogP contribution in [-0.2, 0) is 10.0 Å². The van der Waals surface area contributed by atoms with Gasteiger partial charge in [0.2, 0.25) is 10.0 Å². The van der Waals surface area contributed by atoms with E-state index in [4.69, 9.17) is 5.11 Å². The summed E-state index contributed by atoms with van der Waals surface area (Å²) in [6, 6.07) is 4.93. The van der Waals surface area contributed by atoms with Crippen LogP contribution in [0.5, 0.6) is 0 Å². The number of aliphatic hydroxyl groups is 1. The van der Waals surface area contributed by atoms with Crippen molar-refractivity contribution >= 4 is 32.8 Å². The lowest BCUT2D eigenvalue weighted by Gasteiger charge is -2.21. The summed E-state index contributed by atoms with van der Waals surface area (Å²) in [7, 11) is -3.65. The van der Waals surface area contributed by atoms with Gasteiger partial charge in [-0.1, -0.05) is 19.4 Å². The van der Waals surface area contributed by atoms with Crippen LogP contribution in [-0.4, -0.2) is 46.3 Å². The molecule has 8 heteroatoms. The maximum absolute atomic E-state index is 12.7. The summed E-state index contributed by atoms with van der Waals surface area (Å²) in [6.45, 7) is 2.28. The first kappa shape index (κ1) is 15.3. The largest absolute Gasteiger partial charge is 0.395 e. The van der Waals surface area contributed by atoms with Crippen LogP contribution in [0.15, 0.2) is 23.1 Å². The minimum Gasteiger partial charge on any atom is -0.395 e. The summed E-state index contributed by atoms with van der Waals surface area (Å²) < 4.78 is 34.8. The average molecular weight is 315 g/mol. The van der Waals surface area contributed by atoms with Crippen LogP contribution in [0.4, 0.5) is 0 Å². The van der Waals surface area contributed by atoms with E-state index in [0.29, 0.717) is 17.6 Å². The van der Waals surface area contributed by atoms with Crippen molar-refractivity contribution in [1.29, 1.82) is 0 Å². The predicted molar refractivity (Wildman–Crippen MR) is 78.2 cm³/mol. The molecule has 2 rings (SSSR count). The van der Waals surface area contributed by atoms with Crippen LogP contribution >= 0.6 is 11.7 Å². The number of rotatable bonds is 7. The Hall–Kier alpha value is -1.09. The van der Waals surface area contributed by atoms with Crippen LogP contribution in [0.3, 0.4) is 0 Å². The van der Waals surface area contributed by atoms with Gasteiger partial charge in [-0.3, -0.25) is 0 Å². The van der Waals surface area contributed by atoms with Gasteiger partial charge in [-0.15, -0.1) is 0 Å². The van der Waals surface area contributed by atoms with Crippen molar-refractivity contribution in [2.75, 3.05) is 19.7 Å². The zero-order valence-corrected chi connectivity index (χ0v) is 12.8. The SMILES string of the molecule is CCCCN(CCO)S(=O)(=O)c1cccc2nsnc12. The normalized spacial score (nSPS) is 12.3. The highest BCUT2D eigenvalue weighted by molar-refractivity contribution is 7.89. The Bertz CT molecular complexity index is 669. The molecule has 1 aromatic carbocycles. The molecule has 1 N–H and O–H groups in total. The Morgan fingerprint density at radius 2 is 2.10 bits per heavy atom. The Kier molecular flexibility index (Phi) is 5.03. The average Bonchev–Trinajstić information content (AvgIpc) is 2.91. The van der Waals surface area contributed by atoms with Crippen molar-refractivity contribution < 1.29 is 13.5 Å². The molecule has 0 aliphatic carbocycles. The van der Waals surface area contributed by atoms with Gasteiger partial charge >= 0.3 is 0 Å². The molecule has 1 aromatic heterocycles. The number of aliphatic hydroxyl groups excluding tert-OH is 1. The fourth-order valence-electron chi connectivity index (χ4n) is 1.93. The van der Waals surface area contributed by atoms with Crippen LogP contribution < -0.4 is 0 Å². The summed E-state index contributed by atoms with van der Waals surface area (Å²) in [5.74, 6) is 0. The molecule has 20 heavy (non-hydrogen) atoms. The van der Waals surface area contributed by atoms with E-state index < -0.39 is 10.0 Å². The van der Waals surface area contributed by atoms with Gasteiger partial charge in [0, 0.05) is 13.1 Å². The number of fused-ring (bicyclic) bond motifs is 1. The van der Waals surface area contributed by atoms with Gasteiger partial charge in [0.05, 0.1) is 18.3 Å². The fraction of sp³-hybridized carbons (Fsp3) is 0.500. The molecular formula is C12H17N3O3S2. The maximum atomic E-state index is 12.7. The van der Waals surface area contributed by atoms with E-state index in [1.54, 1.807) is 12.1 Å². The van der Waals surface area contributed by atoms with Gasteiger partial charge in [-0.05, 0) is 18.6 Å². The van der Waals surface area contributed by atoms with E-state index in [9.17, 15) is 8.42 Å².